The number of carbonyl (C=O) groups is 2. The lowest BCUT2D eigenvalue weighted by atomic mass is 9.94. The summed E-state index contributed by atoms with van der Waals surface area (Å²) in [6, 6.07) is 23.1. The van der Waals surface area contributed by atoms with Gasteiger partial charge in [0.1, 0.15) is 11.9 Å². The Bertz CT molecular complexity index is 1210. The summed E-state index contributed by atoms with van der Waals surface area (Å²) in [7, 11) is 0. The van der Waals surface area contributed by atoms with Crippen molar-refractivity contribution in [3.05, 3.63) is 95.8 Å². The van der Waals surface area contributed by atoms with Crippen LogP contribution in [-0.2, 0) is 16.0 Å². The third-order valence-corrected chi connectivity index (χ3v) is 7.22. The van der Waals surface area contributed by atoms with E-state index in [1.165, 1.54) is 29.0 Å². The van der Waals surface area contributed by atoms with Crippen LogP contribution in [0.15, 0.2) is 78.9 Å². The van der Waals surface area contributed by atoms with Gasteiger partial charge in [0.25, 0.3) is 5.91 Å². The van der Waals surface area contributed by atoms with Gasteiger partial charge < -0.3 is 10.2 Å². The van der Waals surface area contributed by atoms with Crippen molar-refractivity contribution in [2.24, 2.45) is 0 Å². The number of amides is 2. The van der Waals surface area contributed by atoms with Crippen LogP contribution in [0, 0.1) is 5.82 Å². The first-order valence-electron chi connectivity index (χ1n) is 12.9. The number of benzene rings is 3. The summed E-state index contributed by atoms with van der Waals surface area (Å²) < 4.78 is 14.3. The van der Waals surface area contributed by atoms with Gasteiger partial charge in [-0.3, -0.25) is 14.5 Å². The zero-order chi connectivity index (χ0) is 24.9. The monoisotopic (exact) mass is 485 g/mol. The minimum absolute atomic E-state index is 0.0543. The van der Waals surface area contributed by atoms with Crippen LogP contribution in [0.5, 0.6) is 0 Å². The molecule has 3 aromatic rings. The maximum Gasteiger partial charge on any atom is 0.255 e. The van der Waals surface area contributed by atoms with E-state index < -0.39 is 11.9 Å². The van der Waals surface area contributed by atoms with Gasteiger partial charge in [0.05, 0.1) is 6.54 Å². The van der Waals surface area contributed by atoms with Crippen molar-refractivity contribution in [1.82, 2.24) is 5.32 Å². The number of hydrogen-bond acceptors (Lipinski definition) is 3. The Morgan fingerprint density at radius 2 is 1.69 bits per heavy atom. The first kappa shape index (κ1) is 24.2. The predicted molar refractivity (Wildman–Crippen MR) is 140 cm³/mol. The van der Waals surface area contributed by atoms with Crippen molar-refractivity contribution >= 4 is 23.2 Å². The van der Waals surface area contributed by atoms with E-state index in [9.17, 15) is 14.0 Å². The standard InChI is InChI=1S/C30H32FN3O2/c31-23-12-9-15-25(20-23)34(28(35)21-32-19-18-22-10-3-1-4-11-22)29-26-16-7-8-17-27(26)33(30(29)36)24-13-5-2-6-14-24/h1,3-4,7-12,15-17,20,24,29,32H,2,5-6,13-14,18-19,21H2. The van der Waals surface area contributed by atoms with Gasteiger partial charge in [0.15, 0.2) is 0 Å². The number of para-hydroxylation sites is 1. The van der Waals surface area contributed by atoms with Gasteiger partial charge in [0.2, 0.25) is 5.91 Å². The summed E-state index contributed by atoms with van der Waals surface area (Å²) in [6.07, 6.45) is 6.09. The second kappa shape index (κ2) is 11.0. The van der Waals surface area contributed by atoms with E-state index in [1.807, 2.05) is 47.4 Å². The molecule has 186 valence electrons. The van der Waals surface area contributed by atoms with Crippen LogP contribution in [0.4, 0.5) is 15.8 Å². The van der Waals surface area contributed by atoms with Gasteiger partial charge in [-0.1, -0.05) is 73.9 Å². The Morgan fingerprint density at radius 1 is 0.944 bits per heavy atom. The molecule has 1 aliphatic heterocycles. The lowest BCUT2D eigenvalue weighted by molar-refractivity contribution is -0.124. The van der Waals surface area contributed by atoms with Gasteiger partial charge in [-0.15, -0.1) is 0 Å². The van der Waals surface area contributed by atoms with Crippen molar-refractivity contribution in [1.29, 1.82) is 0 Å². The van der Waals surface area contributed by atoms with Crippen LogP contribution in [0.2, 0.25) is 0 Å². The van der Waals surface area contributed by atoms with Crippen LogP contribution in [0.25, 0.3) is 0 Å². The number of nitrogens with zero attached hydrogens (tertiary/aromatic N) is 2. The zero-order valence-electron chi connectivity index (χ0n) is 20.4. The van der Waals surface area contributed by atoms with Crippen molar-refractivity contribution in [3.63, 3.8) is 0 Å². The van der Waals surface area contributed by atoms with Gasteiger partial charge in [-0.25, -0.2) is 4.39 Å². The molecule has 2 amide bonds. The minimum atomic E-state index is -0.812. The summed E-state index contributed by atoms with van der Waals surface area (Å²) in [5.74, 6) is -0.803. The third-order valence-electron chi connectivity index (χ3n) is 7.22. The van der Waals surface area contributed by atoms with E-state index in [2.05, 4.69) is 17.4 Å². The van der Waals surface area contributed by atoms with Crippen LogP contribution in [-0.4, -0.2) is 30.9 Å². The molecule has 5 nitrogen and oxygen atoms in total. The number of halogens is 1. The average molecular weight is 486 g/mol. The molecule has 0 spiro atoms. The van der Waals surface area contributed by atoms with Gasteiger partial charge in [-0.05, 0) is 55.6 Å². The molecule has 6 heteroatoms. The normalized spacial score (nSPS) is 17.8. The van der Waals surface area contributed by atoms with Crippen molar-refractivity contribution in [2.75, 3.05) is 22.9 Å². The molecule has 5 rings (SSSR count). The molecule has 1 aliphatic carbocycles. The minimum Gasteiger partial charge on any atom is -0.308 e. The Morgan fingerprint density at radius 3 is 2.47 bits per heavy atom. The number of carbonyl (C=O) groups excluding carboxylic acids is 2. The number of anilines is 2. The largest absolute Gasteiger partial charge is 0.308 e. The van der Waals surface area contributed by atoms with Gasteiger partial charge in [-0.2, -0.15) is 0 Å². The molecule has 0 saturated heterocycles. The van der Waals surface area contributed by atoms with E-state index in [4.69, 9.17) is 0 Å². The molecule has 1 saturated carbocycles. The van der Waals surface area contributed by atoms with Crippen molar-refractivity contribution in [2.45, 2.75) is 50.6 Å². The summed E-state index contributed by atoms with van der Waals surface area (Å²) in [6.45, 7) is 0.675. The molecular formula is C30H32FN3O2. The maximum absolute atomic E-state index is 14.3. The fourth-order valence-electron chi connectivity index (χ4n) is 5.51. The summed E-state index contributed by atoms with van der Waals surface area (Å²) in [5.41, 5.74) is 3.24. The molecule has 3 aromatic carbocycles. The van der Waals surface area contributed by atoms with Crippen LogP contribution < -0.4 is 15.1 Å². The van der Waals surface area contributed by atoms with Crippen molar-refractivity contribution in [3.8, 4) is 0 Å². The van der Waals surface area contributed by atoms with Crippen LogP contribution in [0.3, 0.4) is 0 Å². The van der Waals surface area contributed by atoms with E-state index in [1.54, 1.807) is 12.1 Å². The summed E-state index contributed by atoms with van der Waals surface area (Å²) >= 11 is 0. The lowest BCUT2D eigenvalue weighted by Crippen LogP contribution is -2.47. The molecule has 36 heavy (non-hydrogen) atoms. The fourth-order valence-corrected chi connectivity index (χ4v) is 5.51. The third kappa shape index (κ3) is 5.05. The van der Waals surface area contributed by atoms with E-state index in [0.29, 0.717) is 12.2 Å². The number of rotatable bonds is 8. The smallest absolute Gasteiger partial charge is 0.255 e. The predicted octanol–water partition coefficient (Wildman–Crippen LogP) is 5.41. The van der Waals surface area contributed by atoms with E-state index >= 15 is 0 Å². The van der Waals surface area contributed by atoms with Gasteiger partial charge in [0, 0.05) is 23.0 Å². The first-order chi connectivity index (χ1) is 17.6. The Hall–Kier alpha value is -3.51. The second-order valence-corrected chi connectivity index (χ2v) is 9.62. The zero-order valence-corrected chi connectivity index (χ0v) is 20.4. The molecular weight excluding hydrogens is 453 g/mol. The average Bonchev–Trinajstić information content (AvgIpc) is 3.19. The van der Waals surface area contributed by atoms with Crippen LogP contribution >= 0.6 is 0 Å². The summed E-state index contributed by atoms with van der Waals surface area (Å²) in [4.78, 5) is 31.1. The summed E-state index contributed by atoms with van der Waals surface area (Å²) in [5, 5.41) is 3.23. The molecule has 1 atom stereocenters. The highest BCUT2D eigenvalue weighted by atomic mass is 19.1. The Labute approximate surface area is 211 Å². The SMILES string of the molecule is O=C1C(N(C(=O)CNCCc2ccccc2)c2cccc(F)c2)c2ccccc2N1C1CCCCC1. The Balaban J connectivity index is 1.42. The maximum atomic E-state index is 14.3. The fraction of sp³-hybridized carbons (Fsp3) is 0.333. The number of hydrogen-bond donors (Lipinski definition) is 1. The molecule has 1 unspecified atom stereocenters. The quantitative estimate of drug-likeness (QED) is 0.434. The highest BCUT2D eigenvalue weighted by Crippen LogP contribution is 2.44. The highest BCUT2D eigenvalue weighted by Gasteiger charge is 2.45. The second-order valence-electron chi connectivity index (χ2n) is 9.62. The van der Waals surface area contributed by atoms with E-state index in [0.717, 1.165) is 43.4 Å². The first-order valence-corrected chi connectivity index (χ1v) is 12.9. The lowest BCUT2D eigenvalue weighted by Gasteiger charge is -2.33. The Kier molecular flexibility index (Phi) is 7.42. The molecule has 0 aromatic heterocycles. The van der Waals surface area contributed by atoms with E-state index in [-0.39, 0.29) is 24.4 Å². The molecule has 0 bridgehead atoms. The molecule has 0 radical (unpaired) electrons. The van der Waals surface area contributed by atoms with Gasteiger partial charge >= 0.3 is 0 Å². The molecule has 1 fully saturated rings. The highest BCUT2D eigenvalue weighted by molar-refractivity contribution is 6.12. The molecule has 1 N–H and O–H groups in total. The number of nitrogens with one attached hydrogen (secondary N) is 1. The number of fused-ring (bicyclic) bond motifs is 1. The van der Waals surface area contributed by atoms with Crippen LogP contribution in [0.1, 0.15) is 49.3 Å². The van der Waals surface area contributed by atoms with Crippen molar-refractivity contribution < 1.29 is 14.0 Å². The molecule has 1 heterocycles. The topological polar surface area (TPSA) is 52.7 Å². The molecule has 2 aliphatic rings.